The molecule has 0 bridgehead atoms. The average molecular weight is 232 g/mol. The predicted molar refractivity (Wildman–Crippen MR) is 61.1 cm³/mol. The highest BCUT2D eigenvalue weighted by Gasteiger charge is 2.00. The molecule has 0 saturated heterocycles. The maximum absolute atomic E-state index is 5.82. The third-order valence-electron chi connectivity index (χ3n) is 1.57. The average Bonchev–Trinajstić information content (AvgIpc) is 2.01. The van der Waals surface area contributed by atoms with Gasteiger partial charge in [0.25, 0.3) is 0 Å². The van der Waals surface area contributed by atoms with Crippen molar-refractivity contribution in [3.8, 4) is 0 Å². The number of halogens is 1. The summed E-state index contributed by atoms with van der Waals surface area (Å²) in [5, 5.41) is 1.47. The van der Waals surface area contributed by atoms with Gasteiger partial charge in [-0.15, -0.1) is 11.8 Å². The molecular formula is C9H14ClN3S. The van der Waals surface area contributed by atoms with Gasteiger partial charge in [-0.2, -0.15) is 0 Å². The summed E-state index contributed by atoms with van der Waals surface area (Å²) in [6.07, 6.45) is 0. The van der Waals surface area contributed by atoms with Crippen LogP contribution in [0.1, 0.15) is 5.82 Å². The zero-order valence-electron chi connectivity index (χ0n) is 8.62. The van der Waals surface area contributed by atoms with Gasteiger partial charge in [0.1, 0.15) is 16.0 Å². The van der Waals surface area contributed by atoms with Crippen LogP contribution in [0.15, 0.2) is 11.1 Å². The van der Waals surface area contributed by atoms with E-state index >= 15 is 0 Å². The van der Waals surface area contributed by atoms with Crippen LogP contribution in [0, 0.1) is 6.92 Å². The molecule has 0 saturated carbocycles. The number of aryl methyl sites for hydroxylation is 1. The van der Waals surface area contributed by atoms with E-state index in [4.69, 9.17) is 11.6 Å². The summed E-state index contributed by atoms with van der Waals surface area (Å²) in [5.74, 6) is 1.74. The van der Waals surface area contributed by atoms with Gasteiger partial charge in [0.05, 0.1) is 0 Å². The molecule has 78 valence electrons. The van der Waals surface area contributed by atoms with Gasteiger partial charge in [0.15, 0.2) is 0 Å². The smallest absolute Gasteiger partial charge is 0.133 e. The maximum Gasteiger partial charge on any atom is 0.133 e. The Morgan fingerprint density at radius 1 is 1.43 bits per heavy atom. The molecule has 0 aliphatic rings. The largest absolute Gasteiger partial charge is 0.309 e. The number of aromatic nitrogens is 2. The molecule has 0 aromatic carbocycles. The summed E-state index contributed by atoms with van der Waals surface area (Å²) in [5.41, 5.74) is 0. The summed E-state index contributed by atoms with van der Waals surface area (Å²) in [4.78, 5) is 10.4. The first-order valence-corrected chi connectivity index (χ1v) is 5.73. The quantitative estimate of drug-likeness (QED) is 0.586. The van der Waals surface area contributed by atoms with Crippen LogP contribution in [0.3, 0.4) is 0 Å². The molecule has 0 radical (unpaired) electrons. The molecule has 0 N–H and O–H groups in total. The molecule has 5 heteroatoms. The van der Waals surface area contributed by atoms with Crippen molar-refractivity contribution >= 4 is 23.4 Å². The van der Waals surface area contributed by atoms with Crippen LogP contribution < -0.4 is 0 Å². The van der Waals surface area contributed by atoms with Crippen molar-refractivity contribution < 1.29 is 0 Å². The van der Waals surface area contributed by atoms with E-state index in [0.29, 0.717) is 5.15 Å². The molecule has 14 heavy (non-hydrogen) atoms. The van der Waals surface area contributed by atoms with Crippen molar-refractivity contribution in [3.63, 3.8) is 0 Å². The van der Waals surface area contributed by atoms with Crippen LogP contribution in [0.25, 0.3) is 0 Å². The summed E-state index contributed by atoms with van der Waals surface area (Å²) in [7, 11) is 4.11. The minimum absolute atomic E-state index is 0.518. The van der Waals surface area contributed by atoms with E-state index in [1.807, 2.05) is 6.92 Å². The fraction of sp³-hybridized carbons (Fsp3) is 0.556. The van der Waals surface area contributed by atoms with Gasteiger partial charge in [-0.05, 0) is 21.0 Å². The van der Waals surface area contributed by atoms with Gasteiger partial charge in [0.2, 0.25) is 0 Å². The Labute approximate surface area is 93.9 Å². The fourth-order valence-corrected chi connectivity index (χ4v) is 2.26. The van der Waals surface area contributed by atoms with E-state index in [-0.39, 0.29) is 0 Å². The summed E-state index contributed by atoms with van der Waals surface area (Å²) < 4.78 is 0. The van der Waals surface area contributed by atoms with E-state index in [1.165, 1.54) is 0 Å². The first-order valence-electron chi connectivity index (χ1n) is 4.36. The van der Waals surface area contributed by atoms with Crippen LogP contribution >= 0.6 is 23.4 Å². The minimum Gasteiger partial charge on any atom is -0.309 e. The molecule has 1 aromatic rings. The Hall–Kier alpha value is -0.320. The molecule has 0 aliphatic heterocycles. The molecule has 0 amide bonds. The SMILES string of the molecule is Cc1nc(Cl)cc(SCCN(C)C)n1. The van der Waals surface area contributed by atoms with E-state index < -0.39 is 0 Å². The summed E-state index contributed by atoms with van der Waals surface area (Å²) >= 11 is 7.52. The minimum atomic E-state index is 0.518. The molecule has 0 fully saturated rings. The number of hydrogen-bond donors (Lipinski definition) is 0. The molecule has 0 unspecified atom stereocenters. The molecule has 1 rings (SSSR count). The van der Waals surface area contributed by atoms with Crippen molar-refractivity contribution in [2.45, 2.75) is 11.9 Å². The summed E-state index contributed by atoms with van der Waals surface area (Å²) in [6, 6.07) is 1.80. The van der Waals surface area contributed by atoms with Crippen molar-refractivity contribution in [2.75, 3.05) is 26.4 Å². The molecule has 0 atom stereocenters. The second-order valence-corrected chi connectivity index (χ2v) is 4.73. The molecule has 0 spiro atoms. The van der Waals surface area contributed by atoms with Crippen molar-refractivity contribution in [3.05, 3.63) is 17.0 Å². The highest BCUT2D eigenvalue weighted by molar-refractivity contribution is 7.99. The lowest BCUT2D eigenvalue weighted by molar-refractivity contribution is 0.437. The normalized spacial score (nSPS) is 10.9. The second kappa shape index (κ2) is 5.53. The van der Waals surface area contributed by atoms with Gasteiger partial charge in [-0.3, -0.25) is 0 Å². The Balaban J connectivity index is 2.50. The molecule has 1 heterocycles. The second-order valence-electron chi connectivity index (χ2n) is 3.23. The number of rotatable bonds is 4. The van der Waals surface area contributed by atoms with Crippen molar-refractivity contribution in [1.82, 2.24) is 14.9 Å². The number of hydrogen-bond acceptors (Lipinski definition) is 4. The summed E-state index contributed by atoms with van der Waals surface area (Å²) in [6.45, 7) is 2.88. The lowest BCUT2D eigenvalue weighted by atomic mass is 10.6. The fourth-order valence-electron chi connectivity index (χ4n) is 0.912. The first kappa shape index (κ1) is 11.8. The van der Waals surface area contributed by atoms with Gasteiger partial charge >= 0.3 is 0 Å². The van der Waals surface area contributed by atoms with Crippen molar-refractivity contribution in [2.24, 2.45) is 0 Å². The standard InChI is InChI=1S/C9H14ClN3S/c1-7-11-8(10)6-9(12-7)14-5-4-13(2)3/h6H,4-5H2,1-3H3. The topological polar surface area (TPSA) is 29.0 Å². The van der Waals surface area contributed by atoms with Crippen LogP contribution in [0.4, 0.5) is 0 Å². The molecule has 0 aliphatic carbocycles. The monoisotopic (exact) mass is 231 g/mol. The van der Waals surface area contributed by atoms with Crippen LogP contribution in [-0.4, -0.2) is 41.3 Å². The van der Waals surface area contributed by atoms with Crippen LogP contribution in [0.5, 0.6) is 0 Å². The predicted octanol–water partition coefficient (Wildman–Crippen LogP) is 2.09. The van der Waals surface area contributed by atoms with E-state index in [9.17, 15) is 0 Å². The van der Waals surface area contributed by atoms with Crippen LogP contribution in [-0.2, 0) is 0 Å². The highest BCUT2D eigenvalue weighted by atomic mass is 35.5. The van der Waals surface area contributed by atoms with E-state index in [0.717, 1.165) is 23.1 Å². The van der Waals surface area contributed by atoms with Gasteiger partial charge in [0, 0.05) is 18.4 Å². The Kier molecular flexibility index (Phi) is 4.65. The zero-order chi connectivity index (χ0) is 10.6. The third kappa shape index (κ3) is 4.26. The molecule has 3 nitrogen and oxygen atoms in total. The number of nitrogens with zero attached hydrogens (tertiary/aromatic N) is 3. The maximum atomic E-state index is 5.82. The Morgan fingerprint density at radius 3 is 2.71 bits per heavy atom. The highest BCUT2D eigenvalue weighted by Crippen LogP contribution is 2.18. The van der Waals surface area contributed by atoms with Gasteiger partial charge < -0.3 is 4.90 Å². The van der Waals surface area contributed by atoms with Crippen LogP contribution in [0.2, 0.25) is 5.15 Å². The Bertz CT molecular complexity index is 284. The van der Waals surface area contributed by atoms with E-state index in [2.05, 4.69) is 29.0 Å². The van der Waals surface area contributed by atoms with Gasteiger partial charge in [-0.25, -0.2) is 9.97 Å². The Morgan fingerprint density at radius 2 is 2.14 bits per heavy atom. The first-order chi connectivity index (χ1) is 6.58. The van der Waals surface area contributed by atoms with Crippen molar-refractivity contribution in [1.29, 1.82) is 0 Å². The lowest BCUT2D eigenvalue weighted by Crippen LogP contribution is -2.14. The zero-order valence-corrected chi connectivity index (χ0v) is 10.2. The molecule has 1 aromatic heterocycles. The molecular weight excluding hydrogens is 218 g/mol. The number of thioether (sulfide) groups is 1. The lowest BCUT2D eigenvalue weighted by Gasteiger charge is -2.08. The third-order valence-corrected chi connectivity index (χ3v) is 2.66. The van der Waals surface area contributed by atoms with Gasteiger partial charge in [-0.1, -0.05) is 11.6 Å². The van der Waals surface area contributed by atoms with E-state index in [1.54, 1.807) is 17.8 Å².